The van der Waals surface area contributed by atoms with Crippen LogP contribution in [-0.2, 0) is 27.9 Å². The Labute approximate surface area is 197 Å². The molecule has 1 aromatic heterocycles. The maximum absolute atomic E-state index is 13.9. The van der Waals surface area contributed by atoms with Crippen LogP contribution in [0.15, 0.2) is 29.2 Å². The van der Waals surface area contributed by atoms with Crippen LogP contribution in [-0.4, -0.2) is 68.3 Å². The third-order valence-electron chi connectivity index (χ3n) is 6.02. The number of hydrogen-bond acceptors (Lipinski definition) is 5. The molecule has 2 N–H and O–H groups in total. The van der Waals surface area contributed by atoms with Crippen LogP contribution in [0.2, 0.25) is 0 Å². The Morgan fingerprint density at radius 3 is 2.68 bits per heavy atom. The zero-order chi connectivity index (χ0) is 25.2. The summed E-state index contributed by atoms with van der Waals surface area (Å²) in [5, 5.41) is 13.0. The molecule has 9 nitrogen and oxygen atoms in total. The lowest BCUT2D eigenvalue weighted by atomic mass is 9.95. The lowest BCUT2D eigenvalue weighted by Gasteiger charge is -2.36. The fraction of sp³-hybridized carbons (Fsp3) is 0.409. The predicted molar refractivity (Wildman–Crippen MR) is 122 cm³/mol. The number of carbonyl (C=O) groups excluding carboxylic acids is 2. The molecule has 1 aromatic carbocycles. The van der Waals surface area contributed by atoms with Crippen molar-refractivity contribution in [1.82, 2.24) is 19.1 Å². The molecule has 1 aliphatic rings. The Morgan fingerprint density at radius 2 is 2.09 bits per heavy atom. The zero-order valence-corrected chi connectivity index (χ0v) is 19.8. The van der Waals surface area contributed by atoms with Crippen molar-refractivity contribution in [1.29, 1.82) is 0 Å². The average Bonchev–Trinajstić information content (AvgIpc) is 3.22. The van der Waals surface area contributed by atoms with Gasteiger partial charge in [0.1, 0.15) is 17.2 Å². The van der Waals surface area contributed by atoms with Crippen LogP contribution in [0.4, 0.5) is 8.78 Å². The molecular formula is C22H26F2N4O5S. The number of halogens is 2. The molecule has 184 valence electrons. The molecule has 0 bridgehead atoms. The van der Waals surface area contributed by atoms with E-state index in [0.29, 0.717) is 25.4 Å². The van der Waals surface area contributed by atoms with Crippen molar-refractivity contribution in [3.63, 3.8) is 0 Å². The first kappa shape index (κ1) is 25.5. The number of amides is 2. The largest absolute Gasteiger partial charge is 0.503 e. The van der Waals surface area contributed by atoms with Crippen LogP contribution < -0.4 is 10.7 Å². The highest BCUT2D eigenvalue weighted by Gasteiger charge is 2.43. The van der Waals surface area contributed by atoms with Crippen LogP contribution in [0.3, 0.4) is 0 Å². The van der Waals surface area contributed by atoms with Crippen molar-refractivity contribution < 1.29 is 27.7 Å². The number of pyridine rings is 1. The highest BCUT2D eigenvalue weighted by atomic mass is 32.2. The number of hydrogen-bond donors (Lipinski definition) is 2. The number of carbonyl (C=O) groups is 2. The van der Waals surface area contributed by atoms with Gasteiger partial charge in [0, 0.05) is 57.3 Å². The van der Waals surface area contributed by atoms with E-state index in [-0.39, 0.29) is 36.5 Å². The highest BCUT2D eigenvalue weighted by molar-refractivity contribution is 7.81. The number of benzene rings is 1. The summed E-state index contributed by atoms with van der Waals surface area (Å²) >= 11 is 0. The quantitative estimate of drug-likeness (QED) is 0.527. The molecule has 1 fully saturated rings. The van der Waals surface area contributed by atoms with Crippen LogP contribution in [0.25, 0.3) is 0 Å². The Bertz CT molecular complexity index is 1200. The summed E-state index contributed by atoms with van der Waals surface area (Å²) in [6.07, 6.45) is 3.91. The minimum Gasteiger partial charge on any atom is -0.503 e. The molecule has 2 atom stereocenters. The SMILES string of the molecule is Cc1c(O)c(=O)c(C(=O)NCc2ccc(F)cc2F)cn1C1(CN(C)C=O)CCN(S(C)=O)C1. The lowest BCUT2D eigenvalue weighted by Crippen LogP contribution is -2.47. The van der Waals surface area contributed by atoms with E-state index in [2.05, 4.69) is 5.32 Å². The van der Waals surface area contributed by atoms with E-state index in [1.54, 1.807) is 15.9 Å². The Kier molecular flexibility index (Phi) is 7.51. The van der Waals surface area contributed by atoms with Gasteiger partial charge in [0.05, 0.1) is 22.2 Å². The number of aromatic hydroxyl groups is 1. The smallest absolute Gasteiger partial charge is 0.257 e. The Morgan fingerprint density at radius 1 is 1.38 bits per heavy atom. The van der Waals surface area contributed by atoms with Gasteiger partial charge in [0.25, 0.3) is 5.91 Å². The minimum absolute atomic E-state index is 0.0207. The van der Waals surface area contributed by atoms with Gasteiger partial charge >= 0.3 is 0 Å². The van der Waals surface area contributed by atoms with Crippen molar-refractivity contribution in [2.45, 2.75) is 25.4 Å². The second-order valence-corrected chi connectivity index (χ2v) is 9.74. The molecule has 34 heavy (non-hydrogen) atoms. The number of rotatable bonds is 8. The normalized spacial score (nSPS) is 19.1. The van der Waals surface area contributed by atoms with Gasteiger partial charge in [-0.25, -0.2) is 17.3 Å². The molecule has 0 spiro atoms. The topological polar surface area (TPSA) is 112 Å². The molecule has 0 saturated carbocycles. The van der Waals surface area contributed by atoms with Crippen molar-refractivity contribution in [2.75, 3.05) is 32.9 Å². The molecule has 1 saturated heterocycles. The third kappa shape index (κ3) is 5.02. The average molecular weight is 497 g/mol. The fourth-order valence-corrected chi connectivity index (χ4v) is 4.99. The van der Waals surface area contributed by atoms with Gasteiger partial charge in [-0.15, -0.1) is 0 Å². The first-order valence-electron chi connectivity index (χ1n) is 10.4. The summed E-state index contributed by atoms with van der Waals surface area (Å²) in [5.74, 6) is -3.10. The molecule has 2 aromatic rings. The van der Waals surface area contributed by atoms with Gasteiger partial charge in [0.15, 0.2) is 5.75 Å². The molecule has 2 heterocycles. The van der Waals surface area contributed by atoms with Crippen LogP contribution in [0.1, 0.15) is 28.0 Å². The molecule has 3 rings (SSSR count). The summed E-state index contributed by atoms with van der Waals surface area (Å²) < 4.78 is 42.4. The number of likely N-dealkylation sites (N-methyl/N-ethyl adjacent to an activating group) is 1. The summed E-state index contributed by atoms with van der Waals surface area (Å²) in [4.78, 5) is 38.3. The van der Waals surface area contributed by atoms with Gasteiger partial charge in [0.2, 0.25) is 11.8 Å². The summed E-state index contributed by atoms with van der Waals surface area (Å²) in [7, 11) is 0.283. The molecule has 0 aliphatic carbocycles. The maximum Gasteiger partial charge on any atom is 0.257 e. The molecular weight excluding hydrogens is 470 g/mol. The van der Waals surface area contributed by atoms with E-state index < -0.39 is 45.2 Å². The summed E-state index contributed by atoms with van der Waals surface area (Å²) in [5.41, 5.74) is -1.94. The maximum atomic E-state index is 13.9. The summed E-state index contributed by atoms with van der Waals surface area (Å²) in [6.45, 7) is 2.07. The van der Waals surface area contributed by atoms with E-state index in [9.17, 15) is 32.5 Å². The van der Waals surface area contributed by atoms with Gasteiger partial charge in [-0.3, -0.25) is 14.4 Å². The van der Waals surface area contributed by atoms with Crippen LogP contribution in [0, 0.1) is 18.6 Å². The number of nitrogens with one attached hydrogen (secondary N) is 1. The Hall–Kier alpha value is -3.12. The van der Waals surface area contributed by atoms with E-state index in [1.807, 2.05) is 0 Å². The first-order chi connectivity index (χ1) is 16.0. The highest BCUT2D eigenvalue weighted by Crippen LogP contribution is 2.33. The van der Waals surface area contributed by atoms with Crippen molar-refractivity contribution in [3.05, 3.63) is 63.1 Å². The van der Waals surface area contributed by atoms with Gasteiger partial charge in [-0.1, -0.05) is 6.07 Å². The van der Waals surface area contributed by atoms with E-state index in [4.69, 9.17) is 0 Å². The minimum atomic E-state index is -1.29. The second-order valence-electron chi connectivity index (χ2n) is 8.38. The van der Waals surface area contributed by atoms with Gasteiger partial charge < -0.3 is 19.9 Å². The monoisotopic (exact) mass is 496 g/mol. The predicted octanol–water partition coefficient (Wildman–Crippen LogP) is 0.853. The fourth-order valence-electron chi connectivity index (χ4n) is 4.22. The molecule has 1 aliphatic heterocycles. The van der Waals surface area contributed by atoms with Crippen LogP contribution >= 0.6 is 0 Å². The number of nitrogens with zero attached hydrogens (tertiary/aromatic N) is 3. The zero-order valence-electron chi connectivity index (χ0n) is 19.0. The van der Waals surface area contributed by atoms with Crippen molar-refractivity contribution in [3.8, 4) is 5.75 Å². The number of aromatic nitrogens is 1. The van der Waals surface area contributed by atoms with Crippen LogP contribution in [0.5, 0.6) is 5.75 Å². The third-order valence-corrected chi connectivity index (χ3v) is 7.06. The molecule has 12 heteroatoms. The lowest BCUT2D eigenvalue weighted by molar-refractivity contribution is -0.118. The van der Waals surface area contributed by atoms with Gasteiger partial charge in [-0.2, -0.15) is 0 Å². The Balaban J connectivity index is 2.00. The van der Waals surface area contributed by atoms with E-state index >= 15 is 0 Å². The summed E-state index contributed by atoms with van der Waals surface area (Å²) in [6, 6.07) is 2.91. The standard InChI is InChI=1S/C22H26F2N4O5S/c1-14-19(30)20(31)17(21(32)25-9-15-4-5-16(23)8-18(15)24)10-28(14)22(11-26(2)13-29)6-7-27(12-22)34(3)33/h4-5,8,10,13,30H,6-7,9,11-12H2,1-3H3,(H,25,32). The van der Waals surface area contributed by atoms with E-state index in [0.717, 1.165) is 6.07 Å². The van der Waals surface area contributed by atoms with E-state index in [1.165, 1.54) is 30.3 Å². The molecule has 2 unspecified atom stereocenters. The molecule has 2 amide bonds. The van der Waals surface area contributed by atoms with Crippen molar-refractivity contribution >= 4 is 23.3 Å². The second kappa shape index (κ2) is 10.0. The first-order valence-corrected chi connectivity index (χ1v) is 11.9. The molecule has 0 radical (unpaired) electrons. The van der Waals surface area contributed by atoms with Crippen molar-refractivity contribution in [2.24, 2.45) is 0 Å². The van der Waals surface area contributed by atoms with Gasteiger partial charge in [-0.05, 0) is 19.4 Å².